The quantitative estimate of drug-likeness (QED) is 0.295. The number of anilines is 2. The summed E-state index contributed by atoms with van der Waals surface area (Å²) >= 11 is 6.19. The molecule has 0 atom stereocenters. The molecule has 0 saturated carbocycles. The molecule has 2 N–H and O–H groups in total. The SMILES string of the molecule is COC(OC)C1CCN(c2ncc(Oc3cc4oc5cccc(Cl)c5c(=O)c4nc3N)c(C)n2)CC1. The second kappa shape index (κ2) is 9.88. The third-order valence-corrected chi connectivity index (χ3v) is 6.75. The molecular weight excluding hydrogens is 486 g/mol. The van der Waals surface area contributed by atoms with Crippen LogP contribution >= 0.6 is 11.6 Å². The Bertz CT molecular complexity index is 1480. The van der Waals surface area contributed by atoms with Crippen LogP contribution in [0.25, 0.3) is 22.1 Å². The van der Waals surface area contributed by atoms with Gasteiger partial charge in [-0.15, -0.1) is 0 Å². The van der Waals surface area contributed by atoms with Gasteiger partial charge in [0, 0.05) is 39.3 Å². The van der Waals surface area contributed by atoms with Crippen LogP contribution < -0.4 is 20.8 Å². The molecule has 36 heavy (non-hydrogen) atoms. The van der Waals surface area contributed by atoms with E-state index in [1.807, 2.05) is 6.92 Å². The summed E-state index contributed by atoms with van der Waals surface area (Å²) in [4.78, 5) is 28.4. The molecule has 0 unspecified atom stereocenters. The monoisotopic (exact) mass is 511 g/mol. The summed E-state index contributed by atoms with van der Waals surface area (Å²) in [6, 6.07) is 6.54. The van der Waals surface area contributed by atoms with Crippen molar-refractivity contribution in [3.05, 3.63) is 51.4 Å². The third-order valence-electron chi connectivity index (χ3n) is 6.43. The number of nitrogen functional groups attached to an aromatic ring is 1. The van der Waals surface area contributed by atoms with Crippen molar-refractivity contribution in [3.8, 4) is 11.5 Å². The highest BCUT2D eigenvalue weighted by molar-refractivity contribution is 6.35. The Morgan fingerprint density at radius 3 is 2.58 bits per heavy atom. The van der Waals surface area contributed by atoms with Crippen LogP contribution in [0.15, 0.2) is 39.7 Å². The number of rotatable bonds is 6. The van der Waals surface area contributed by atoms with E-state index in [1.165, 1.54) is 0 Å². The van der Waals surface area contributed by atoms with Crippen molar-refractivity contribution < 1.29 is 18.6 Å². The maximum Gasteiger partial charge on any atom is 0.225 e. The molecule has 5 rings (SSSR count). The lowest BCUT2D eigenvalue weighted by Gasteiger charge is -2.34. The fraction of sp³-hybridized carbons (Fsp3) is 0.360. The average molecular weight is 512 g/mol. The molecule has 3 aromatic heterocycles. The van der Waals surface area contributed by atoms with Crippen LogP contribution in [-0.4, -0.2) is 48.6 Å². The van der Waals surface area contributed by atoms with Gasteiger partial charge in [-0.1, -0.05) is 17.7 Å². The Morgan fingerprint density at radius 2 is 1.89 bits per heavy atom. The number of methoxy groups -OCH3 is 2. The molecule has 0 spiro atoms. The second-order valence-corrected chi connectivity index (χ2v) is 9.06. The molecule has 0 aliphatic carbocycles. The highest BCUT2D eigenvalue weighted by Gasteiger charge is 2.28. The van der Waals surface area contributed by atoms with E-state index in [1.54, 1.807) is 44.7 Å². The van der Waals surface area contributed by atoms with Gasteiger partial charge in [0.05, 0.1) is 22.3 Å². The number of pyridine rings is 1. The van der Waals surface area contributed by atoms with Crippen LogP contribution in [-0.2, 0) is 9.47 Å². The average Bonchev–Trinajstić information content (AvgIpc) is 2.87. The van der Waals surface area contributed by atoms with Crippen molar-refractivity contribution in [1.82, 2.24) is 15.0 Å². The number of hydrogen-bond donors (Lipinski definition) is 1. The summed E-state index contributed by atoms with van der Waals surface area (Å²) in [7, 11) is 3.32. The van der Waals surface area contributed by atoms with E-state index in [4.69, 9.17) is 36.0 Å². The first-order valence-electron chi connectivity index (χ1n) is 11.5. The van der Waals surface area contributed by atoms with Crippen molar-refractivity contribution in [2.45, 2.75) is 26.1 Å². The predicted octanol–water partition coefficient (Wildman–Crippen LogP) is 4.30. The zero-order chi connectivity index (χ0) is 25.4. The zero-order valence-corrected chi connectivity index (χ0v) is 20.9. The number of nitrogens with zero attached hydrogens (tertiary/aromatic N) is 4. The molecule has 1 fully saturated rings. The number of halogens is 1. The van der Waals surface area contributed by atoms with Gasteiger partial charge >= 0.3 is 0 Å². The maximum absolute atomic E-state index is 12.9. The van der Waals surface area contributed by atoms with Crippen LogP contribution in [0, 0.1) is 12.8 Å². The molecule has 1 aliphatic heterocycles. The van der Waals surface area contributed by atoms with E-state index in [0.29, 0.717) is 28.9 Å². The lowest BCUT2D eigenvalue weighted by atomic mass is 9.96. The van der Waals surface area contributed by atoms with E-state index in [2.05, 4.69) is 19.9 Å². The first-order valence-corrected chi connectivity index (χ1v) is 11.9. The molecule has 10 nitrogen and oxygen atoms in total. The molecular formula is C25H26ClN5O5. The number of piperidine rings is 1. The van der Waals surface area contributed by atoms with E-state index in [9.17, 15) is 4.79 Å². The predicted molar refractivity (Wildman–Crippen MR) is 137 cm³/mol. The fourth-order valence-electron chi connectivity index (χ4n) is 4.53. The van der Waals surface area contributed by atoms with Crippen molar-refractivity contribution in [2.24, 2.45) is 5.92 Å². The largest absolute Gasteiger partial charge is 0.454 e. The highest BCUT2D eigenvalue weighted by Crippen LogP contribution is 2.33. The molecule has 1 aromatic carbocycles. The summed E-state index contributed by atoms with van der Waals surface area (Å²) in [5, 5.41) is 0.550. The Labute approximate surface area is 211 Å². The number of aromatic nitrogens is 3. The van der Waals surface area contributed by atoms with Gasteiger partial charge in [0.15, 0.2) is 34.7 Å². The molecule has 11 heteroatoms. The number of ether oxygens (including phenoxy) is 3. The fourth-order valence-corrected chi connectivity index (χ4v) is 4.78. The van der Waals surface area contributed by atoms with Crippen LogP contribution in [0.3, 0.4) is 0 Å². The maximum atomic E-state index is 12.9. The minimum absolute atomic E-state index is 0.0394. The Kier molecular flexibility index (Phi) is 6.65. The normalized spacial score (nSPS) is 14.8. The number of hydrogen-bond acceptors (Lipinski definition) is 10. The van der Waals surface area contributed by atoms with Gasteiger partial charge in [-0.3, -0.25) is 4.79 Å². The summed E-state index contributed by atoms with van der Waals surface area (Å²) in [6.45, 7) is 3.43. The highest BCUT2D eigenvalue weighted by atomic mass is 35.5. The Morgan fingerprint density at radius 1 is 1.14 bits per heavy atom. The first-order chi connectivity index (χ1) is 17.4. The van der Waals surface area contributed by atoms with E-state index in [-0.39, 0.29) is 44.8 Å². The van der Waals surface area contributed by atoms with Gasteiger partial charge in [0.1, 0.15) is 5.58 Å². The zero-order valence-electron chi connectivity index (χ0n) is 20.2. The lowest BCUT2D eigenvalue weighted by Crippen LogP contribution is -2.39. The first kappa shape index (κ1) is 24.2. The van der Waals surface area contributed by atoms with E-state index < -0.39 is 0 Å². The second-order valence-electron chi connectivity index (χ2n) is 8.65. The van der Waals surface area contributed by atoms with E-state index >= 15 is 0 Å². The minimum Gasteiger partial charge on any atom is -0.454 e. The molecule has 4 heterocycles. The van der Waals surface area contributed by atoms with Crippen LogP contribution in [0.5, 0.6) is 11.5 Å². The number of nitrogens with two attached hydrogens (primary N) is 1. The standard InChI is InChI=1S/C25H26ClN5O5/c1-13-19(12-28-25(29-13)31-9-7-14(8-10-31)24(33-2)34-3)36-18-11-17-21(30-23(18)27)22(32)20-15(26)5-4-6-16(20)35-17/h4-6,11-12,14,24H,7-10H2,1-3H3,(H2,27,30). The van der Waals surface area contributed by atoms with Gasteiger partial charge in [0.25, 0.3) is 0 Å². The number of aryl methyl sites for hydroxylation is 1. The summed E-state index contributed by atoms with van der Waals surface area (Å²) in [5.74, 6) is 1.65. The molecule has 0 amide bonds. The van der Waals surface area contributed by atoms with Gasteiger partial charge in [-0.25, -0.2) is 15.0 Å². The van der Waals surface area contributed by atoms with Gasteiger partial charge in [0.2, 0.25) is 11.4 Å². The summed E-state index contributed by atoms with van der Waals surface area (Å²) in [6.07, 6.45) is 3.23. The topological polar surface area (TPSA) is 126 Å². The third kappa shape index (κ3) is 4.43. The molecule has 0 bridgehead atoms. The molecule has 1 saturated heterocycles. The van der Waals surface area contributed by atoms with Gasteiger partial charge in [-0.2, -0.15) is 0 Å². The summed E-state index contributed by atoms with van der Waals surface area (Å²) < 4.78 is 22.7. The van der Waals surface area contributed by atoms with Crippen LogP contribution in [0.2, 0.25) is 5.02 Å². The smallest absolute Gasteiger partial charge is 0.225 e. The van der Waals surface area contributed by atoms with Crippen molar-refractivity contribution >= 4 is 45.4 Å². The molecule has 1 aliphatic rings. The lowest BCUT2D eigenvalue weighted by molar-refractivity contribution is -0.141. The number of fused-ring (bicyclic) bond motifs is 2. The number of benzene rings is 1. The molecule has 188 valence electrons. The summed E-state index contributed by atoms with van der Waals surface area (Å²) in [5.41, 5.74) is 7.08. The Balaban J connectivity index is 1.38. The molecule has 4 aromatic rings. The minimum atomic E-state index is -0.356. The van der Waals surface area contributed by atoms with Crippen molar-refractivity contribution in [2.75, 3.05) is 37.9 Å². The van der Waals surface area contributed by atoms with Crippen LogP contribution in [0.4, 0.5) is 11.8 Å². The molecule has 0 radical (unpaired) electrons. The van der Waals surface area contributed by atoms with Gasteiger partial charge < -0.3 is 29.3 Å². The van der Waals surface area contributed by atoms with Gasteiger partial charge in [-0.05, 0) is 31.9 Å². The Hall–Kier alpha value is -3.47. The van der Waals surface area contributed by atoms with Crippen LogP contribution in [0.1, 0.15) is 18.5 Å². The van der Waals surface area contributed by atoms with E-state index in [0.717, 1.165) is 25.9 Å². The van der Waals surface area contributed by atoms with Crippen molar-refractivity contribution in [3.63, 3.8) is 0 Å². The van der Waals surface area contributed by atoms with Crippen molar-refractivity contribution in [1.29, 1.82) is 0 Å².